The molecule has 2 aromatic heterocycles. The number of fused-ring (bicyclic) bond motifs is 1. The van der Waals surface area contributed by atoms with Crippen LogP contribution in [0.4, 0.5) is 0 Å². The summed E-state index contributed by atoms with van der Waals surface area (Å²) in [6, 6.07) is 7.90. The molecule has 102 valence electrons. The number of para-hydroxylation sites is 1. The lowest BCUT2D eigenvalue weighted by atomic mass is 10.1. The summed E-state index contributed by atoms with van der Waals surface area (Å²) in [4.78, 5) is 9.08. The van der Waals surface area contributed by atoms with E-state index in [0.29, 0.717) is 11.0 Å². The van der Waals surface area contributed by atoms with Crippen molar-refractivity contribution in [1.29, 1.82) is 0 Å². The second kappa shape index (κ2) is 4.91. The van der Waals surface area contributed by atoms with Crippen molar-refractivity contribution in [2.45, 2.75) is 27.2 Å². The monoisotopic (exact) mass is 286 g/mol. The van der Waals surface area contributed by atoms with Gasteiger partial charge in [-0.2, -0.15) is 0 Å². The smallest absolute Gasteiger partial charge is 0.165 e. The van der Waals surface area contributed by atoms with Gasteiger partial charge in [0.1, 0.15) is 16.5 Å². The fraction of sp³-hybridized carbons (Fsp3) is 0.250. The van der Waals surface area contributed by atoms with Crippen molar-refractivity contribution < 1.29 is 4.42 Å². The van der Waals surface area contributed by atoms with Gasteiger partial charge in [0, 0.05) is 16.6 Å². The molecule has 0 saturated heterocycles. The van der Waals surface area contributed by atoms with E-state index in [2.05, 4.69) is 16.9 Å². The summed E-state index contributed by atoms with van der Waals surface area (Å²) < 4.78 is 5.77. The second-order valence-corrected chi connectivity index (χ2v) is 5.15. The Morgan fingerprint density at radius 2 is 1.90 bits per heavy atom. The molecular formula is C16H15ClN2O. The highest BCUT2D eigenvalue weighted by Crippen LogP contribution is 2.33. The fourth-order valence-electron chi connectivity index (χ4n) is 2.43. The summed E-state index contributed by atoms with van der Waals surface area (Å²) in [7, 11) is 0. The largest absolute Gasteiger partial charge is 0.461 e. The summed E-state index contributed by atoms with van der Waals surface area (Å²) in [6.45, 7) is 5.94. The molecule has 0 saturated carbocycles. The molecule has 0 radical (unpaired) electrons. The zero-order valence-corrected chi connectivity index (χ0v) is 12.5. The minimum absolute atomic E-state index is 0.511. The maximum atomic E-state index is 6.24. The van der Waals surface area contributed by atoms with Crippen LogP contribution < -0.4 is 0 Å². The first-order valence-corrected chi connectivity index (χ1v) is 7.01. The van der Waals surface area contributed by atoms with Crippen LogP contribution in [0.2, 0.25) is 5.15 Å². The highest BCUT2D eigenvalue weighted by Gasteiger charge is 2.17. The van der Waals surface area contributed by atoms with Crippen molar-refractivity contribution in [3.8, 4) is 11.4 Å². The third-order valence-electron chi connectivity index (χ3n) is 3.52. The van der Waals surface area contributed by atoms with Crippen molar-refractivity contribution >= 4 is 22.6 Å². The van der Waals surface area contributed by atoms with Gasteiger partial charge in [-0.3, -0.25) is 0 Å². The second-order valence-electron chi connectivity index (χ2n) is 4.79. The number of aromatic nitrogens is 2. The number of aryl methyl sites for hydroxylation is 2. The van der Waals surface area contributed by atoms with E-state index in [4.69, 9.17) is 16.0 Å². The first kappa shape index (κ1) is 13.1. The van der Waals surface area contributed by atoms with Gasteiger partial charge in [0.15, 0.2) is 5.82 Å². The van der Waals surface area contributed by atoms with Crippen LogP contribution in [0.3, 0.4) is 0 Å². The molecule has 1 aromatic carbocycles. The Morgan fingerprint density at radius 1 is 1.15 bits per heavy atom. The molecule has 3 nitrogen and oxygen atoms in total. The van der Waals surface area contributed by atoms with E-state index in [1.807, 2.05) is 38.1 Å². The molecule has 20 heavy (non-hydrogen) atoms. The Kier molecular flexibility index (Phi) is 3.22. The molecule has 0 bridgehead atoms. The van der Waals surface area contributed by atoms with Gasteiger partial charge in [-0.1, -0.05) is 36.7 Å². The Morgan fingerprint density at radius 3 is 2.65 bits per heavy atom. The zero-order valence-electron chi connectivity index (χ0n) is 11.7. The van der Waals surface area contributed by atoms with Crippen molar-refractivity contribution in [1.82, 2.24) is 9.97 Å². The quantitative estimate of drug-likeness (QED) is 0.640. The van der Waals surface area contributed by atoms with Gasteiger partial charge in [0.05, 0.1) is 5.56 Å². The third kappa shape index (κ3) is 1.98. The first-order valence-electron chi connectivity index (χ1n) is 6.63. The van der Waals surface area contributed by atoms with Crippen LogP contribution in [-0.2, 0) is 6.42 Å². The van der Waals surface area contributed by atoms with Gasteiger partial charge in [-0.05, 0) is 26.3 Å². The number of hydrogen-bond acceptors (Lipinski definition) is 3. The number of nitrogens with zero attached hydrogens (tertiary/aromatic N) is 2. The van der Waals surface area contributed by atoms with Crippen molar-refractivity contribution in [3.05, 3.63) is 46.4 Å². The molecule has 0 aliphatic heterocycles. The molecule has 0 amide bonds. The lowest BCUT2D eigenvalue weighted by Gasteiger charge is -2.07. The molecule has 0 aliphatic rings. The number of halogens is 1. The maximum Gasteiger partial charge on any atom is 0.165 e. The number of hydrogen-bond donors (Lipinski definition) is 0. The van der Waals surface area contributed by atoms with Crippen molar-refractivity contribution in [3.63, 3.8) is 0 Å². The molecule has 0 unspecified atom stereocenters. The van der Waals surface area contributed by atoms with Crippen LogP contribution in [0.5, 0.6) is 0 Å². The lowest BCUT2D eigenvalue weighted by molar-refractivity contribution is 0.579. The number of benzene rings is 1. The van der Waals surface area contributed by atoms with Gasteiger partial charge in [0.2, 0.25) is 0 Å². The molecule has 0 N–H and O–H groups in total. The molecule has 3 aromatic rings. The molecule has 0 fully saturated rings. The summed E-state index contributed by atoms with van der Waals surface area (Å²) in [6.07, 6.45) is 0.829. The fourth-order valence-corrected chi connectivity index (χ4v) is 2.62. The third-order valence-corrected chi connectivity index (χ3v) is 3.89. The number of rotatable bonds is 2. The molecule has 4 heteroatoms. The summed E-state index contributed by atoms with van der Waals surface area (Å²) >= 11 is 6.24. The van der Waals surface area contributed by atoms with Gasteiger partial charge < -0.3 is 4.42 Å². The van der Waals surface area contributed by atoms with E-state index in [-0.39, 0.29) is 0 Å². The van der Waals surface area contributed by atoms with E-state index in [1.54, 1.807) is 0 Å². The van der Waals surface area contributed by atoms with Gasteiger partial charge in [0.25, 0.3) is 0 Å². The predicted octanol–water partition coefficient (Wildman–Crippen LogP) is 4.72. The summed E-state index contributed by atoms with van der Waals surface area (Å²) in [5.41, 5.74) is 3.70. The lowest BCUT2D eigenvalue weighted by Crippen LogP contribution is -1.99. The van der Waals surface area contributed by atoms with Crippen LogP contribution in [0.15, 0.2) is 28.7 Å². The average molecular weight is 287 g/mol. The zero-order chi connectivity index (χ0) is 14.3. The van der Waals surface area contributed by atoms with Gasteiger partial charge in [-0.15, -0.1) is 0 Å². The predicted molar refractivity (Wildman–Crippen MR) is 81.1 cm³/mol. The Hall–Kier alpha value is -1.87. The molecule has 0 aliphatic carbocycles. The highest BCUT2D eigenvalue weighted by atomic mass is 35.5. The normalized spacial score (nSPS) is 11.2. The van der Waals surface area contributed by atoms with Gasteiger partial charge >= 0.3 is 0 Å². The maximum absolute atomic E-state index is 6.24. The first-order chi connectivity index (χ1) is 9.61. The number of furan rings is 1. The van der Waals surface area contributed by atoms with E-state index >= 15 is 0 Å². The standard InChI is InChI=1S/C16H15ClN2O/c1-4-12-9(2)15(17)19-16(18-12)14-10(3)20-13-8-6-5-7-11(13)14/h5-8H,4H2,1-3H3. The summed E-state index contributed by atoms with van der Waals surface area (Å²) in [5, 5.41) is 1.53. The van der Waals surface area contributed by atoms with Crippen LogP contribution in [0.1, 0.15) is 23.9 Å². The van der Waals surface area contributed by atoms with Gasteiger partial charge in [-0.25, -0.2) is 9.97 Å². The van der Waals surface area contributed by atoms with Crippen LogP contribution in [0, 0.1) is 13.8 Å². The van der Waals surface area contributed by atoms with E-state index < -0.39 is 0 Å². The topological polar surface area (TPSA) is 38.9 Å². The van der Waals surface area contributed by atoms with Crippen molar-refractivity contribution in [2.24, 2.45) is 0 Å². The Labute approximate surface area is 122 Å². The Balaban J connectivity index is 2.31. The SMILES string of the molecule is CCc1nc(-c2c(C)oc3ccccc23)nc(Cl)c1C. The van der Waals surface area contributed by atoms with Crippen LogP contribution >= 0.6 is 11.6 Å². The highest BCUT2D eigenvalue weighted by molar-refractivity contribution is 6.30. The van der Waals surface area contributed by atoms with E-state index in [1.165, 1.54) is 0 Å². The average Bonchev–Trinajstić information content (AvgIpc) is 2.77. The molecule has 0 spiro atoms. The molecule has 2 heterocycles. The molecule has 3 rings (SSSR count). The van der Waals surface area contributed by atoms with Crippen LogP contribution in [0.25, 0.3) is 22.4 Å². The minimum atomic E-state index is 0.511. The molecule has 0 atom stereocenters. The van der Waals surface area contributed by atoms with E-state index in [9.17, 15) is 0 Å². The minimum Gasteiger partial charge on any atom is -0.461 e. The van der Waals surface area contributed by atoms with Crippen LogP contribution in [-0.4, -0.2) is 9.97 Å². The summed E-state index contributed by atoms with van der Waals surface area (Å²) in [5.74, 6) is 1.45. The van der Waals surface area contributed by atoms with Crippen molar-refractivity contribution in [2.75, 3.05) is 0 Å². The Bertz CT molecular complexity index is 793. The molecular weight excluding hydrogens is 272 g/mol. The van der Waals surface area contributed by atoms with E-state index in [0.717, 1.165) is 40.0 Å².